The molecule has 1 amide bonds. The molecule has 5 nitrogen and oxygen atoms in total. The van der Waals surface area contributed by atoms with Gasteiger partial charge in [-0.2, -0.15) is 0 Å². The number of carbonyl (C=O) groups excluding carboxylic acids is 1. The highest BCUT2D eigenvalue weighted by atomic mass is 35.5. The maximum absolute atomic E-state index is 12.5. The second kappa shape index (κ2) is 6.06. The van der Waals surface area contributed by atoms with Crippen LogP contribution in [0.3, 0.4) is 0 Å². The summed E-state index contributed by atoms with van der Waals surface area (Å²) in [7, 11) is 0. The van der Waals surface area contributed by atoms with E-state index in [4.69, 9.17) is 17.3 Å². The number of rotatable bonds is 3. The van der Waals surface area contributed by atoms with Crippen molar-refractivity contribution in [1.82, 2.24) is 9.97 Å². The van der Waals surface area contributed by atoms with Gasteiger partial charge in [0.15, 0.2) is 0 Å². The summed E-state index contributed by atoms with van der Waals surface area (Å²) in [5, 5.41) is 3.10. The summed E-state index contributed by atoms with van der Waals surface area (Å²) in [6.45, 7) is 4.37. The zero-order valence-electron chi connectivity index (χ0n) is 11.9. The number of hydrogen-bond donors (Lipinski definition) is 2. The van der Waals surface area contributed by atoms with Crippen LogP contribution in [0.4, 0.5) is 5.95 Å². The first-order valence-electron chi connectivity index (χ1n) is 6.98. The molecule has 0 radical (unpaired) electrons. The van der Waals surface area contributed by atoms with Crippen LogP contribution in [0, 0.1) is 18.3 Å². The molecule has 1 aromatic rings. The number of aryl methyl sites for hydroxylation is 1. The van der Waals surface area contributed by atoms with Crippen LogP contribution < -0.4 is 11.1 Å². The topological polar surface area (TPSA) is 80.9 Å². The molecule has 1 aliphatic carbocycles. The largest absolute Gasteiger partial charge is 0.329 e. The van der Waals surface area contributed by atoms with Gasteiger partial charge in [0.05, 0.1) is 5.41 Å². The van der Waals surface area contributed by atoms with Gasteiger partial charge in [0, 0.05) is 12.2 Å². The number of anilines is 1. The quantitative estimate of drug-likeness (QED) is 0.840. The maximum atomic E-state index is 12.5. The molecule has 0 spiro atoms. The van der Waals surface area contributed by atoms with Crippen LogP contribution in [0.1, 0.15) is 38.3 Å². The first-order valence-corrected chi connectivity index (χ1v) is 7.36. The van der Waals surface area contributed by atoms with Crippen molar-refractivity contribution >= 4 is 23.5 Å². The molecule has 0 aromatic carbocycles. The molecule has 1 heterocycles. The third-order valence-electron chi connectivity index (χ3n) is 4.15. The molecule has 1 aliphatic rings. The van der Waals surface area contributed by atoms with Gasteiger partial charge >= 0.3 is 0 Å². The average molecular weight is 297 g/mol. The number of nitrogens with one attached hydrogen (secondary N) is 1. The number of nitrogens with zero attached hydrogens (tertiary/aromatic N) is 2. The molecule has 110 valence electrons. The summed E-state index contributed by atoms with van der Waals surface area (Å²) in [4.78, 5) is 20.7. The standard InChI is InChI=1S/C14H21ClN4O/c1-9-3-5-14(8-16,6-4-9)12(20)19-13-17-10(2)7-11(15)18-13/h7,9H,3-6,8,16H2,1-2H3,(H,17,18,19,20). The first kappa shape index (κ1) is 15.2. The third-order valence-corrected chi connectivity index (χ3v) is 4.35. The van der Waals surface area contributed by atoms with Gasteiger partial charge in [0.2, 0.25) is 11.9 Å². The summed E-state index contributed by atoms with van der Waals surface area (Å²) in [5.41, 5.74) is 6.10. The SMILES string of the molecule is Cc1cc(Cl)nc(NC(=O)C2(CN)CCC(C)CC2)n1. The highest BCUT2D eigenvalue weighted by Crippen LogP contribution is 2.38. The van der Waals surface area contributed by atoms with Gasteiger partial charge in [-0.15, -0.1) is 0 Å². The van der Waals surface area contributed by atoms with E-state index in [0.717, 1.165) is 31.4 Å². The molecule has 1 saturated carbocycles. The Bertz CT molecular complexity index is 478. The first-order chi connectivity index (χ1) is 9.45. The van der Waals surface area contributed by atoms with Crippen molar-refractivity contribution in [3.63, 3.8) is 0 Å². The fourth-order valence-corrected chi connectivity index (χ4v) is 2.90. The summed E-state index contributed by atoms with van der Waals surface area (Å²) in [5.74, 6) is 0.826. The molecule has 1 fully saturated rings. The molecule has 0 bridgehead atoms. The van der Waals surface area contributed by atoms with Crippen LogP contribution in [0.2, 0.25) is 5.15 Å². The highest BCUT2D eigenvalue weighted by molar-refractivity contribution is 6.29. The Balaban J connectivity index is 2.13. The van der Waals surface area contributed by atoms with Gasteiger partial charge in [-0.1, -0.05) is 18.5 Å². The van der Waals surface area contributed by atoms with E-state index < -0.39 is 5.41 Å². The summed E-state index contributed by atoms with van der Waals surface area (Å²) < 4.78 is 0. The predicted molar refractivity (Wildman–Crippen MR) is 79.5 cm³/mol. The van der Waals surface area contributed by atoms with Gasteiger partial charge in [-0.3, -0.25) is 10.1 Å². The van der Waals surface area contributed by atoms with Crippen LogP contribution in [0.25, 0.3) is 0 Å². The Kier molecular flexibility index (Phi) is 4.60. The molecule has 0 aliphatic heterocycles. The van der Waals surface area contributed by atoms with Crippen molar-refractivity contribution in [3.8, 4) is 0 Å². The number of nitrogens with two attached hydrogens (primary N) is 1. The smallest absolute Gasteiger partial charge is 0.234 e. The summed E-state index contributed by atoms with van der Waals surface area (Å²) in [6.07, 6.45) is 3.69. The number of amides is 1. The van der Waals surface area contributed by atoms with Crippen LogP contribution >= 0.6 is 11.6 Å². The van der Waals surface area contributed by atoms with Gasteiger partial charge < -0.3 is 5.73 Å². The Labute approximate surface area is 124 Å². The highest BCUT2D eigenvalue weighted by Gasteiger charge is 2.40. The lowest BCUT2D eigenvalue weighted by atomic mass is 9.70. The lowest BCUT2D eigenvalue weighted by Crippen LogP contribution is -2.45. The average Bonchev–Trinajstić information content (AvgIpc) is 2.38. The Morgan fingerprint density at radius 2 is 2.15 bits per heavy atom. The fraction of sp³-hybridized carbons (Fsp3) is 0.643. The molecule has 0 atom stereocenters. The van der Waals surface area contributed by atoms with E-state index in [2.05, 4.69) is 22.2 Å². The molecular weight excluding hydrogens is 276 g/mol. The number of carbonyl (C=O) groups is 1. The van der Waals surface area contributed by atoms with Crippen LogP contribution in [0.5, 0.6) is 0 Å². The lowest BCUT2D eigenvalue weighted by Gasteiger charge is -2.36. The van der Waals surface area contributed by atoms with Crippen molar-refractivity contribution in [2.75, 3.05) is 11.9 Å². The van der Waals surface area contributed by atoms with E-state index in [1.807, 2.05) is 6.92 Å². The van der Waals surface area contributed by atoms with Crippen molar-refractivity contribution in [2.24, 2.45) is 17.1 Å². The van der Waals surface area contributed by atoms with Gasteiger partial charge in [0.1, 0.15) is 5.15 Å². The summed E-state index contributed by atoms with van der Waals surface area (Å²) >= 11 is 5.88. The van der Waals surface area contributed by atoms with Crippen molar-refractivity contribution in [1.29, 1.82) is 0 Å². The maximum Gasteiger partial charge on any atom is 0.234 e. The minimum absolute atomic E-state index is 0.0893. The minimum Gasteiger partial charge on any atom is -0.329 e. The Morgan fingerprint density at radius 1 is 1.50 bits per heavy atom. The summed E-state index contributed by atoms with van der Waals surface area (Å²) in [6, 6.07) is 1.65. The zero-order valence-corrected chi connectivity index (χ0v) is 12.7. The van der Waals surface area contributed by atoms with E-state index in [1.165, 1.54) is 0 Å². The van der Waals surface area contributed by atoms with Crippen molar-refractivity contribution in [2.45, 2.75) is 39.5 Å². The van der Waals surface area contributed by atoms with Crippen LogP contribution in [-0.4, -0.2) is 22.4 Å². The Hall–Kier alpha value is -1.20. The van der Waals surface area contributed by atoms with E-state index >= 15 is 0 Å². The molecule has 3 N–H and O–H groups in total. The van der Waals surface area contributed by atoms with E-state index in [9.17, 15) is 4.79 Å². The van der Waals surface area contributed by atoms with Gasteiger partial charge in [-0.05, 0) is 44.6 Å². The van der Waals surface area contributed by atoms with Crippen LogP contribution in [-0.2, 0) is 4.79 Å². The number of hydrogen-bond acceptors (Lipinski definition) is 4. The van der Waals surface area contributed by atoms with Gasteiger partial charge in [-0.25, -0.2) is 9.97 Å². The second-order valence-corrected chi connectivity index (χ2v) is 6.16. The normalized spacial score (nSPS) is 26.3. The molecule has 1 aromatic heterocycles. The van der Waals surface area contributed by atoms with Crippen LogP contribution in [0.15, 0.2) is 6.07 Å². The van der Waals surface area contributed by atoms with Crippen molar-refractivity contribution in [3.05, 3.63) is 16.9 Å². The third kappa shape index (κ3) is 3.27. The molecule has 2 rings (SSSR count). The van der Waals surface area contributed by atoms with E-state index in [1.54, 1.807) is 6.07 Å². The molecule has 6 heteroatoms. The molecule has 0 unspecified atom stereocenters. The molecule has 20 heavy (non-hydrogen) atoms. The van der Waals surface area contributed by atoms with Crippen molar-refractivity contribution < 1.29 is 4.79 Å². The molecule has 0 saturated heterocycles. The molecular formula is C14H21ClN4O. The number of halogens is 1. The van der Waals surface area contributed by atoms with E-state index in [-0.39, 0.29) is 11.9 Å². The van der Waals surface area contributed by atoms with Gasteiger partial charge in [0.25, 0.3) is 0 Å². The fourth-order valence-electron chi connectivity index (χ4n) is 2.66. The minimum atomic E-state index is -0.494. The Morgan fingerprint density at radius 3 is 2.70 bits per heavy atom. The monoisotopic (exact) mass is 296 g/mol. The predicted octanol–water partition coefficient (Wildman–Crippen LogP) is 2.53. The second-order valence-electron chi connectivity index (χ2n) is 5.78. The number of aromatic nitrogens is 2. The van der Waals surface area contributed by atoms with E-state index in [0.29, 0.717) is 17.6 Å². The zero-order chi connectivity index (χ0) is 14.8. The lowest BCUT2D eigenvalue weighted by molar-refractivity contribution is -0.127.